The fourth-order valence-electron chi connectivity index (χ4n) is 5.19. The Morgan fingerprint density at radius 1 is 0.778 bits per heavy atom. The number of benzene rings is 3. The van der Waals surface area contributed by atoms with Crippen molar-refractivity contribution in [1.82, 2.24) is 14.9 Å². The highest BCUT2D eigenvalue weighted by Gasteiger charge is 2.39. The lowest BCUT2D eigenvalue weighted by atomic mass is 9.92. The molecular weight excluding hydrogens is 450 g/mol. The summed E-state index contributed by atoms with van der Waals surface area (Å²) in [6.07, 6.45) is 1.25. The van der Waals surface area contributed by atoms with Crippen LogP contribution < -0.4 is 9.80 Å². The average Bonchev–Trinajstić information content (AvgIpc) is 3.09. The van der Waals surface area contributed by atoms with E-state index in [2.05, 4.69) is 11.0 Å². The van der Waals surface area contributed by atoms with Gasteiger partial charge in [-0.2, -0.15) is 0 Å². The van der Waals surface area contributed by atoms with E-state index < -0.39 is 6.04 Å². The van der Waals surface area contributed by atoms with Crippen LogP contribution in [0.2, 0.25) is 0 Å². The van der Waals surface area contributed by atoms with Gasteiger partial charge in [-0.1, -0.05) is 54.6 Å². The van der Waals surface area contributed by atoms with Crippen molar-refractivity contribution in [2.75, 3.05) is 29.9 Å². The van der Waals surface area contributed by atoms with Crippen LogP contribution in [0.5, 0.6) is 0 Å². The normalized spacial score (nSPS) is 17.4. The molecule has 0 unspecified atom stereocenters. The van der Waals surface area contributed by atoms with Gasteiger partial charge in [-0.25, -0.2) is 9.97 Å². The summed E-state index contributed by atoms with van der Waals surface area (Å²) in [4.78, 5) is 43.3. The van der Waals surface area contributed by atoms with Crippen LogP contribution in [0.3, 0.4) is 0 Å². The van der Waals surface area contributed by atoms with E-state index in [9.17, 15) is 9.59 Å². The number of nitrogens with zero attached hydrogens (tertiary/aromatic N) is 5. The molecule has 4 aromatic rings. The Bertz CT molecular complexity index is 1450. The SMILES string of the molecule is CN1CCCN(C(=O)[C@H]2Cc3ccccc3CN2C(=O)c2ccccc2)c2nc3ccccc3nc21. The Balaban J connectivity index is 1.43. The monoisotopic (exact) mass is 477 g/mol. The van der Waals surface area contributed by atoms with Gasteiger partial charge < -0.3 is 9.80 Å². The molecule has 0 aliphatic carbocycles. The van der Waals surface area contributed by atoms with Crippen LogP contribution in [-0.4, -0.2) is 52.9 Å². The van der Waals surface area contributed by atoms with Crippen LogP contribution in [0.4, 0.5) is 11.6 Å². The lowest BCUT2D eigenvalue weighted by Crippen LogP contribution is -2.54. The topological polar surface area (TPSA) is 69.6 Å². The molecule has 1 aromatic heterocycles. The van der Waals surface area contributed by atoms with E-state index in [1.807, 2.05) is 67.7 Å². The molecule has 0 bridgehead atoms. The van der Waals surface area contributed by atoms with Crippen LogP contribution in [0.15, 0.2) is 78.9 Å². The molecule has 0 N–H and O–H groups in total. The second kappa shape index (κ2) is 9.07. The summed E-state index contributed by atoms with van der Waals surface area (Å²) in [5, 5.41) is 0. The fraction of sp³-hybridized carbons (Fsp3) is 0.241. The maximum absolute atomic E-state index is 14.3. The van der Waals surface area contributed by atoms with Gasteiger partial charge in [0.1, 0.15) is 6.04 Å². The number of fused-ring (bicyclic) bond motifs is 3. The Morgan fingerprint density at radius 3 is 2.17 bits per heavy atom. The zero-order valence-corrected chi connectivity index (χ0v) is 20.2. The van der Waals surface area contributed by atoms with Crippen molar-refractivity contribution in [3.05, 3.63) is 95.6 Å². The van der Waals surface area contributed by atoms with Crippen molar-refractivity contribution < 1.29 is 9.59 Å². The first kappa shape index (κ1) is 22.2. The van der Waals surface area contributed by atoms with E-state index in [0.717, 1.165) is 35.1 Å². The zero-order valence-electron chi connectivity index (χ0n) is 20.2. The predicted octanol–water partition coefficient (Wildman–Crippen LogP) is 4.07. The number of rotatable bonds is 2. The van der Waals surface area contributed by atoms with Crippen LogP contribution in [0, 0.1) is 0 Å². The van der Waals surface area contributed by atoms with Crippen molar-refractivity contribution in [2.45, 2.75) is 25.4 Å². The molecule has 6 rings (SSSR count). The Hall–Kier alpha value is -4.26. The second-order valence-corrected chi connectivity index (χ2v) is 9.41. The third-order valence-electron chi connectivity index (χ3n) is 7.11. The van der Waals surface area contributed by atoms with Crippen molar-refractivity contribution >= 4 is 34.5 Å². The van der Waals surface area contributed by atoms with Gasteiger partial charge in [0.2, 0.25) is 0 Å². The molecule has 2 amide bonds. The molecule has 7 nitrogen and oxygen atoms in total. The van der Waals surface area contributed by atoms with E-state index in [-0.39, 0.29) is 11.8 Å². The third kappa shape index (κ3) is 3.86. The van der Waals surface area contributed by atoms with E-state index in [1.165, 1.54) is 0 Å². The number of carbonyl (C=O) groups is 2. The maximum atomic E-state index is 14.3. The fourth-order valence-corrected chi connectivity index (χ4v) is 5.19. The van der Waals surface area contributed by atoms with Gasteiger partial charge in [-0.15, -0.1) is 0 Å². The lowest BCUT2D eigenvalue weighted by molar-refractivity contribution is -0.123. The highest BCUT2D eigenvalue weighted by Crippen LogP contribution is 2.33. The molecule has 0 fully saturated rings. The number of anilines is 2. The summed E-state index contributed by atoms with van der Waals surface area (Å²) in [6.45, 7) is 1.68. The minimum Gasteiger partial charge on any atom is -0.357 e. The third-order valence-corrected chi connectivity index (χ3v) is 7.11. The van der Waals surface area contributed by atoms with Crippen molar-refractivity contribution in [3.63, 3.8) is 0 Å². The number of amides is 2. The van der Waals surface area contributed by atoms with Gasteiger partial charge >= 0.3 is 0 Å². The summed E-state index contributed by atoms with van der Waals surface area (Å²) in [7, 11) is 1.98. The first-order valence-corrected chi connectivity index (χ1v) is 12.3. The van der Waals surface area contributed by atoms with Gasteiger partial charge in [0.25, 0.3) is 11.8 Å². The quantitative estimate of drug-likeness (QED) is 0.435. The smallest absolute Gasteiger partial charge is 0.254 e. The van der Waals surface area contributed by atoms with Gasteiger partial charge in [0.15, 0.2) is 11.6 Å². The number of carbonyl (C=O) groups excluding carboxylic acids is 2. The Kier molecular flexibility index (Phi) is 5.60. The molecule has 36 heavy (non-hydrogen) atoms. The predicted molar refractivity (Wildman–Crippen MR) is 140 cm³/mol. The summed E-state index contributed by atoms with van der Waals surface area (Å²) in [5.74, 6) is 0.997. The highest BCUT2D eigenvalue weighted by molar-refractivity contribution is 6.04. The van der Waals surface area contributed by atoms with Crippen LogP contribution in [0.1, 0.15) is 27.9 Å². The van der Waals surface area contributed by atoms with E-state index in [0.29, 0.717) is 36.7 Å². The van der Waals surface area contributed by atoms with Crippen molar-refractivity contribution in [3.8, 4) is 0 Å². The highest BCUT2D eigenvalue weighted by atomic mass is 16.2. The molecule has 0 radical (unpaired) electrons. The summed E-state index contributed by atoms with van der Waals surface area (Å²) in [6, 6.07) is 24.3. The molecule has 2 aliphatic rings. The summed E-state index contributed by atoms with van der Waals surface area (Å²) in [5.41, 5.74) is 4.30. The zero-order chi connectivity index (χ0) is 24.6. The molecular formula is C29H27N5O2. The van der Waals surface area contributed by atoms with Gasteiger partial charge in [-0.05, 0) is 41.8 Å². The van der Waals surface area contributed by atoms with Gasteiger partial charge in [-0.3, -0.25) is 14.5 Å². The van der Waals surface area contributed by atoms with Crippen LogP contribution in [0.25, 0.3) is 11.0 Å². The second-order valence-electron chi connectivity index (χ2n) is 9.41. The molecule has 0 spiro atoms. The Labute approximate surface area is 210 Å². The van der Waals surface area contributed by atoms with Crippen molar-refractivity contribution in [2.24, 2.45) is 0 Å². The number of hydrogen-bond donors (Lipinski definition) is 0. The summed E-state index contributed by atoms with van der Waals surface area (Å²) >= 11 is 0. The van der Waals surface area contributed by atoms with Crippen LogP contribution in [-0.2, 0) is 17.8 Å². The number of hydrogen-bond acceptors (Lipinski definition) is 5. The van der Waals surface area contributed by atoms with Gasteiger partial charge in [0.05, 0.1) is 11.0 Å². The molecule has 0 saturated carbocycles. The minimum absolute atomic E-state index is 0.116. The lowest BCUT2D eigenvalue weighted by Gasteiger charge is -2.38. The maximum Gasteiger partial charge on any atom is 0.254 e. The molecule has 1 atom stereocenters. The Morgan fingerprint density at radius 2 is 1.42 bits per heavy atom. The minimum atomic E-state index is -0.628. The first-order valence-electron chi connectivity index (χ1n) is 12.3. The van der Waals surface area contributed by atoms with Crippen LogP contribution >= 0.6 is 0 Å². The molecule has 3 heterocycles. The molecule has 7 heteroatoms. The van der Waals surface area contributed by atoms with E-state index in [1.54, 1.807) is 21.9 Å². The molecule has 3 aromatic carbocycles. The average molecular weight is 478 g/mol. The first-order chi connectivity index (χ1) is 17.6. The standard InChI is InChI=1S/C29H27N5O2/c1-32-16-9-17-33(27-26(32)30-23-14-7-8-15-24(23)31-27)29(36)25-18-21-12-5-6-13-22(21)19-34(25)28(35)20-10-3-2-4-11-20/h2-8,10-15,25H,9,16-19H2,1H3/t25-/m1/s1. The number of aromatic nitrogens is 2. The van der Waals surface area contributed by atoms with Gasteiger partial charge in [0, 0.05) is 38.7 Å². The molecule has 180 valence electrons. The molecule has 0 saturated heterocycles. The molecule has 2 aliphatic heterocycles. The van der Waals surface area contributed by atoms with E-state index in [4.69, 9.17) is 9.97 Å². The number of para-hydroxylation sites is 2. The van der Waals surface area contributed by atoms with Crippen molar-refractivity contribution in [1.29, 1.82) is 0 Å². The van der Waals surface area contributed by atoms with E-state index >= 15 is 0 Å². The largest absolute Gasteiger partial charge is 0.357 e. The summed E-state index contributed by atoms with van der Waals surface area (Å²) < 4.78 is 0.